The van der Waals surface area contributed by atoms with Crippen molar-refractivity contribution in [1.29, 1.82) is 0 Å². The highest BCUT2D eigenvalue weighted by Gasteiger charge is 2.15. The summed E-state index contributed by atoms with van der Waals surface area (Å²) in [6.07, 6.45) is -0.592. The van der Waals surface area contributed by atoms with Gasteiger partial charge in [-0.1, -0.05) is 29.8 Å². The van der Waals surface area contributed by atoms with Crippen molar-refractivity contribution < 1.29 is 9.53 Å². The van der Waals surface area contributed by atoms with E-state index in [1.165, 1.54) is 0 Å². The van der Waals surface area contributed by atoms with Crippen LogP contribution < -0.4 is 10.1 Å². The third-order valence-electron chi connectivity index (χ3n) is 3.13. The zero-order valence-electron chi connectivity index (χ0n) is 12.3. The van der Waals surface area contributed by atoms with E-state index in [0.717, 1.165) is 11.1 Å². The number of benzene rings is 2. The summed E-state index contributed by atoms with van der Waals surface area (Å²) in [4.78, 5) is 12.2. The van der Waals surface area contributed by atoms with Crippen LogP contribution in [0.3, 0.4) is 0 Å². The minimum Gasteiger partial charge on any atom is -0.481 e. The number of aryl methyl sites for hydroxylation is 2. The van der Waals surface area contributed by atoms with Crippen LogP contribution in [-0.4, -0.2) is 12.0 Å². The molecule has 0 spiro atoms. The second-order valence-electron chi connectivity index (χ2n) is 5.03. The summed E-state index contributed by atoms with van der Waals surface area (Å²) in [6, 6.07) is 13.0. The van der Waals surface area contributed by atoms with Gasteiger partial charge in [0, 0.05) is 10.7 Å². The monoisotopic (exact) mass is 303 g/mol. The largest absolute Gasteiger partial charge is 0.481 e. The van der Waals surface area contributed by atoms with Gasteiger partial charge >= 0.3 is 0 Å². The number of rotatable bonds is 4. The van der Waals surface area contributed by atoms with Gasteiger partial charge in [0.2, 0.25) is 0 Å². The van der Waals surface area contributed by atoms with E-state index >= 15 is 0 Å². The van der Waals surface area contributed by atoms with Crippen LogP contribution in [0.4, 0.5) is 5.69 Å². The molecule has 2 rings (SSSR count). The number of carbonyl (C=O) groups excluding carboxylic acids is 1. The van der Waals surface area contributed by atoms with Gasteiger partial charge in [-0.25, -0.2) is 0 Å². The lowest BCUT2D eigenvalue weighted by Gasteiger charge is -2.16. The van der Waals surface area contributed by atoms with E-state index in [4.69, 9.17) is 16.3 Å². The highest BCUT2D eigenvalue weighted by atomic mass is 35.5. The zero-order valence-corrected chi connectivity index (χ0v) is 13.1. The average Bonchev–Trinajstić information content (AvgIpc) is 2.43. The van der Waals surface area contributed by atoms with Crippen molar-refractivity contribution in [2.45, 2.75) is 26.9 Å². The third-order valence-corrected chi connectivity index (χ3v) is 3.36. The van der Waals surface area contributed by atoms with Crippen molar-refractivity contribution in [1.82, 2.24) is 0 Å². The first kappa shape index (κ1) is 15.4. The molecule has 3 nitrogen and oxygen atoms in total. The Balaban J connectivity index is 2.04. The maximum Gasteiger partial charge on any atom is 0.265 e. The summed E-state index contributed by atoms with van der Waals surface area (Å²) in [7, 11) is 0. The average molecular weight is 304 g/mol. The van der Waals surface area contributed by atoms with Gasteiger partial charge in [0.05, 0.1) is 0 Å². The van der Waals surface area contributed by atoms with Gasteiger partial charge in [0.1, 0.15) is 5.75 Å². The minimum atomic E-state index is -0.592. The predicted molar refractivity (Wildman–Crippen MR) is 86.1 cm³/mol. The van der Waals surface area contributed by atoms with E-state index in [1.54, 1.807) is 19.1 Å². The van der Waals surface area contributed by atoms with Crippen LogP contribution >= 0.6 is 11.6 Å². The summed E-state index contributed by atoms with van der Waals surface area (Å²) >= 11 is 5.94. The number of ether oxygens (including phenoxy) is 1. The summed E-state index contributed by atoms with van der Waals surface area (Å²) < 4.78 is 5.65. The molecule has 2 aromatic carbocycles. The molecule has 0 saturated carbocycles. The standard InChI is InChI=1S/C17H18ClNO2/c1-11-5-4-6-15(9-11)21-13(3)17(20)19-16-10-14(18)8-7-12(16)2/h4-10,13H,1-3H3,(H,19,20)/t13-/m1/s1. The second kappa shape index (κ2) is 6.64. The molecule has 1 N–H and O–H groups in total. The van der Waals surface area contributed by atoms with Crippen LogP contribution in [0, 0.1) is 13.8 Å². The number of carbonyl (C=O) groups is 1. The Labute approximate surface area is 129 Å². The van der Waals surface area contributed by atoms with Crippen molar-refractivity contribution in [3.05, 3.63) is 58.6 Å². The Kier molecular flexibility index (Phi) is 4.86. The highest BCUT2D eigenvalue weighted by molar-refractivity contribution is 6.31. The molecule has 2 aromatic rings. The smallest absolute Gasteiger partial charge is 0.265 e. The molecular formula is C17H18ClNO2. The summed E-state index contributed by atoms with van der Waals surface area (Å²) in [6.45, 7) is 5.61. The van der Waals surface area contributed by atoms with Crippen molar-refractivity contribution in [2.24, 2.45) is 0 Å². The molecule has 1 amide bonds. The quantitative estimate of drug-likeness (QED) is 0.911. The first-order valence-corrected chi connectivity index (χ1v) is 7.14. The van der Waals surface area contributed by atoms with Crippen LogP contribution in [-0.2, 0) is 4.79 Å². The Morgan fingerprint density at radius 2 is 1.95 bits per heavy atom. The molecule has 0 fully saturated rings. The fraction of sp³-hybridized carbons (Fsp3) is 0.235. The number of anilines is 1. The summed E-state index contributed by atoms with van der Waals surface area (Å²) in [5.74, 6) is 0.474. The molecule has 0 unspecified atom stereocenters. The lowest BCUT2D eigenvalue weighted by atomic mass is 10.2. The zero-order chi connectivity index (χ0) is 15.4. The Hall–Kier alpha value is -2.00. The molecule has 0 aliphatic rings. The second-order valence-corrected chi connectivity index (χ2v) is 5.46. The number of hydrogen-bond donors (Lipinski definition) is 1. The molecule has 110 valence electrons. The number of halogens is 1. The molecule has 0 bridgehead atoms. The van der Waals surface area contributed by atoms with Crippen LogP contribution in [0.1, 0.15) is 18.1 Å². The van der Waals surface area contributed by atoms with Gasteiger partial charge in [0.15, 0.2) is 6.10 Å². The molecule has 4 heteroatoms. The van der Waals surface area contributed by atoms with E-state index in [-0.39, 0.29) is 5.91 Å². The Bertz CT molecular complexity index is 655. The van der Waals surface area contributed by atoms with Gasteiger partial charge < -0.3 is 10.1 Å². The Morgan fingerprint density at radius 1 is 1.19 bits per heavy atom. The molecule has 0 heterocycles. The summed E-state index contributed by atoms with van der Waals surface area (Å²) in [5, 5.41) is 3.42. The van der Waals surface area contributed by atoms with E-state index in [0.29, 0.717) is 16.5 Å². The van der Waals surface area contributed by atoms with Gasteiger partial charge in [-0.3, -0.25) is 4.79 Å². The fourth-order valence-electron chi connectivity index (χ4n) is 1.91. The third kappa shape index (κ3) is 4.23. The lowest BCUT2D eigenvalue weighted by molar-refractivity contribution is -0.122. The van der Waals surface area contributed by atoms with E-state index < -0.39 is 6.10 Å². The van der Waals surface area contributed by atoms with Crippen molar-refractivity contribution >= 4 is 23.2 Å². The molecule has 0 aliphatic carbocycles. The van der Waals surface area contributed by atoms with Crippen LogP contribution in [0.5, 0.6) is 5.75 Å². The van der Waals surface area contributed by atoms with Crippen LogP contribution in [0.15, 0.2) is 42.5 Å². The van der Waals surface area contributed by atoms with Crippen LogP contribution in [0.2, 0.25) is 5.02 Å². The first-order valence-electron chi connectivity index (χ1n) is 6.76. The molecule has 1 atom stereocenters. The molecule has 0 aliphatic heterocycles. The van der Waals surface area contributed by atoms with Crippen molar-refractivity contribution in [3.63, 3.8) is 0 Å². The summed E-state index contributed by atoms with van der Waals surface area (Å²) in [5.41, 5.74) is 2.74. The molecular weight excluding hydrogens is 286 g/mol. The van der Waals surface area contributed by atoms with Gasteiger partial charge in [-0.2, -0.15) is 0 Å². The topological polar surface area (TPSA) is 38.3 Å². The number of hydrogen-bond acceptors (Lipinski definition) is 2. The maximum atomic E-state index is 12.2. The molecule has 0 saturated heterocycles. The van der Waals surface area contributed by atoms with Gasteiger partial charge in [-0.05, 0) is 56.2 Å². The highest BCUT2D eigenvalue weighted by Crippen LogP contribution is 2.21. The number of nitrogens with one attached hydrogen (secondary N) is 1. The van der Waals surface area contributed by atoms with Crippen LogP contribution in [0.25, 0.3) is 0 Å². The van der Waals surface area contributed by atoms with Gasteiger partial charge in [-0.15, -0.1) is 0 Å². The molecule has 0 aromatic heterocycles. The molecule has 0 radical (unpaired) electrons. The maximum absolute atomic E-state index is 12.2. The van der Waals surface area contributed by atoms with Crippen molar-refractivity contribution in [3.8, 4) is 5.75 Å². The van der Waals surface area contributed by atoms with E-state index in [1.807, 2.05) is 44.2 Å². The van der Waals surface area contributed by atoms with E-state index in [2.05, 4.69) is 5.32 Å². The van der Waals surface area contributed by atoms with Gasteiger partial charge in [0.25, 0.3) is 5.91 Å². The fourth-order valence-corrected chi connectivity index (χ4v) is 2.08. The van der Waals surface area contributed by atoms with E-state index in [9.17, 15) is 4.79 Å². The normalized spacial score (nSPS) is 11.8. The first-order chi connectivity index (χ1) is 9.95. The SMILES string of the molecule is Cc1cccc(O[C@H](C)C(=O)Nc2cc(Cl)ccc2C)c1. The minimum absolute atomic E-state index is 0.207. The Morgan fingerprint density at radius 3 is 2.67 bits per heavy atom. The lowest BCUT2D eigenvalue weighted by Crippen LogP contribution is -2.30. The predicted octanol–water partition coefficient (Wildman–Crippen LogP) is 4.36. The number of amides is 1. The molecule has 21 heavy (non-hydrogen) atoms. The van der Waals surface area contributed by atoms with Crippen molar-refractivity contribution in [2.75, 3.05) is 5.32 Å².